The van der Waals surface area contributed by atoms with Crippen molar-refractivity contribution in [1.29, 1.82) is 0 Å². The van der Waals surface area contributed by atoms with Gasteiger partial charge in [0.1, 0.15) is 0 Å². The number of thioether (sulfide) groups is 1. The number of aromatic carboxylic acids is 1. The van der Waals surface area contributed by atoms with Gasteiger partial charge in [0.05, 0.1) is 11.7 Å². The predicted octanol–water partition coefficient (Wildman–Crippen LogP) is 2.05. The monoisotopic (exact) mass is 289 g/mol. The highest BCUT2D eigenvalue weighted by molar-refractivity contribution is 7.98. The lowest BCUT2D eigenvalue weighted by molar-refractivity contribution is -0.255. The molecule has 96 valence electrons. The Morgan fingerprint density at radius 2 is 2.26 bits per heavy atom. The second-order valence-electron chi connectivity index (χ2n) is 3.90. The normalized spacial score (nSPS) is 10.9. The molecule has 0 atom stereocenters. The number of hydrogen-bond donors (Lipinski definition) is 0. The molecule has 2 heterocycles. The SMILES string of the molecule is O=C([O-])c1ccccc1SCc1cn2ccsc2n1. The molecule has 0 saturated heterocycles. The van der Waals surface area contributed by atoms with Crippen LogP contribution in [0.2, 0.25) is 0 Å². The van der Waals surface area contributed by atoms with Crippen LogP contribution < -0.4 is 5.11 Å². The van der Waals surface area contributed by atoms with Crippen LogP contribution in [-0.4, -0.2) is 15.4 Å². The van der Waals surface area contributed by atoms with E-state index in [0.29, 0.717) is 10.6 Å². The van der Waals surface area contributed by atoms with Crippen molar-refractivity contribution in [3.63, 3.8) is 0 Å². The molecule has 3 aromatic rings. The molecule has 0 saturated carbocycles. The van der Waals surface area contributed by atoms with Crippen molar-refractivity contribution >= 4 is 34.0 Å². The largest absolute Gasteiger partial charge is 0.545 e. The zero-order chi connectivity index (χ0) is 13.2. The van der Waals surface area contributed by atoms with E-state index in [0.717, 1.165) is 10.7 Å². The molecule has 3 rings (SSSR count). The minimum atomic E-state index is -1.14. The standard InChI is InChI=1S/C13H10N2O2S2/c16-12(17)10-3-1-2-4-11(10)19-8-9-7-15-5-6-18-13(15)14-9/h1-7H,8H2,(H,16,17)/p-1. The molecule has 0 spiro atoms. The van der Waals surface area contributed by atoms with E-state index in [1.54, 1.807) is 29.5 Å². The van der Waals surface area contributed by atoms with Gasteiger partial charge in [-0.1, -0.05) is 18.2 Å². The Kier molecular flexibility index (Phi) is 3.27. The number of aromatic nitrogens is 2. The summed E-state index contributed by atoms with van der Waals surface area (Å²) in [5, 5.41) is 13.0. The predicted molar refractivity (Wildman–Crippen MR) is 73.4 cm³/mol. The third kappa shape index (κ3) is 2.50. The van der Waals surface area contributed by atoms with Crippen LogP contribution in [0.5, 0.6) is 0 Å². The maximum atomic E-state index is 11.0. The summed E-state index contributed by atoms with van der Waals surface area (Å²) in [6.07, 6.45) is 3.91. The van der Waals surface area contributed by atoms with E-state index >= 15 is 0 Å². The number of hydrogen-bond acceptors (Lipinski definition) is 5. The van der Waals surface area contributed by atoms with E-state index in [-0.39, 0.29) is 5.56 Å². The number of thiazole rings is 1. The molecule has 0 fully saturated rings. The van der Waals surface area contributed by atoms with E-state index in [1.165, 1.54) is 11.8 Å². The maximum absolute atomic E-state index is 11.0. The summed E-state index contributed by atoms with van der Waals surface area (Å²) >= 11 is 3.03. The number of carbonyl (C=O) groups is 1. The number of benzene rings is 1. The number of carboxylic acid groups (broad SMARTS) is 1. The average molecular weight is 289 g/mol. The van der Waals surface area contributed by atoms with Crippen molar-refractivity contribution < 1.29 is 9.90 Å². The smallest absolute Gasteiger partial charge is 0.193 e. The van der Waals surface area contributed by atoms with Gasteiger partial charge in [-0.3, -0.25) is 4.40 Å². The van der Waals surface area contributed by atoms with Gasteiger partial charge in [-0.25, -0.2) is 4.98 Å². The van der Waals surface area contributed by atoms with Crippen LogP contribution in [0.25, 0.3) is 4.96 Å². The first-order valence-electron chi connectivity index (χ1n) is 5.58. The molecule has 0 amide bonds. The Morgan fingerprint density at radius 3 is 3.05 bits per heavy atom. The van der Waals surface area contributed by atoms with Crippen LogP contribution in [-0.2, 0) is 5.75 Å². The number of imidazole rings is 1. The second kappa shape index (κ2) is 5.07. The molecule has 0 aliphatic carbocycles. The molecule has 0 bridgehead atoms. The minimum absolute atomic E-state index is 0.230. The molecule has 4 nitrogen and oxygen atoms in total. The van der Waals surface area contributed by atoms with Gasteiger partial charge in [0.2, 0.25) is 0 Å². The molecule has 19 heavy (non-hydrogen) atoms. The van der Waals surface area contributed by atoms with E-state index < -0.39 is 5.97 Å². The summed E-state index contributed by atoms with van der Waals surface area (Å²) in [7, 11) is 0. The van der Waals surface area contributed by atoms with Crippen LogP contribution in [0, 0.1) is 0 Å². The third-order valence-corrected chi connectivity index (χ3v) is 4.50. The average Bonchev–Trinajstić information content (AvgIpc) is 2.97. The maximum Gasteiger partial charge on any atom is 0.193 e. The molecule has 0 aliphatic rings. The van der Waals surface area contributed by atoms with Crippen LogP contribution in [0.1, 0.15) is 16.1 Å². The zero-order valence-corrected chi connectivity index (χ0v) is 11.4. The first-order chi connectivity index (χ1) is 9.24. The quantitative estimate of drug-likeness (QED) is 0.690. The summed E-state index contributed by atoms with van der Waals surface area (Å²) in [5.41, 5.74) is 1.17. The Balaban J connectivity index is 1.79. The van der Waals surface area contributed by atoms with Gasteiger partial charge in [0.25, 0.3) is 0 Å². The number of nitrogens with zero attached hydrogens (tertiary/aromatic N) is 2. The highest BCUT2D eigenvalue weighted by atomic mass is 32.2. The Hall–Kier alpha value is -1.79. The molecular formula is C13H9N2O2S2-. The number of fused-ring (bicyclic) bond motifs is 1. The molecular weight excluding hydrogens is 280 g/mol. The van der Waals surface area contributed by atoms with E-state index in [9.17, 15) is 9.90 Å². The lowest BCUT2D eigenvalue weighted by atomic mass is 10.2. The molecule has 6 heteroatoms. The van der Waals surface area contributed by atoms with Gasteiger partial charge in [-0.2, -0.15) is 0 Å². The first kappa shape index (κ1) is 12.3. The highest BCUT2D eigenvalue weighted by Crippen LogP contribution is 2.26. The van der Waals surface area contributed by atoms with Crippen molar-refractivity contribution in [2.75, 3.05) is 0 Å². The van der Waals surface area contributed by atoms with Gasteiger partial charge in [-0.05, 0) is 6.07 Å². The van der Waals surface area contributed by atoms with E-state index in [4.69, 9.17) is 0 Å². The van der Waals surface area contributed by atoms with Crippen molar-refractivity contribution in [3.8, 4) is 0 Å². The summed E-state index contributed by atoms with van der Waals surface area (Å²) < 4.78 is 1.96. The molecule has 2 aromatic heterocycles. The van der Waals surface area contributed by atoms with Crippen LogP contribution in [0.3, 0.4) is 0 Å². The minimum Gasteiger partial charge on any atom is -0.545 e. The molecule has 1 aromatic carbocycles. The molecule has 0 N–H and O–H groups in total. The summed E-state index contributed by atoms with van der Waals surface area (Å²) in [5.74, 6) is -0.507. The van der Waals surface area contributed by atoms with Gasteiger partial charge >= 0.3 is 0 Å². The van der Waals surface area contributed by atoms with Crippen molar-refractivity contribution in [2.45, 2.75) is 10.6 Å². The second-order valence-corrected chi connectivity index (χ2v) is 5.79. The molecule has 0 radical (unpaired) electrons. The topological polar surface area (TPSA) is 57.4 Å². The first-order valence-corrected chi connectivity index (χ1v) is 7.45. The van der Waals surface area contributed by atoms with Crippen molar-refractivity contribution in [1.82, 2.24) is 9.38 Å². The Bertz CT molecular complexity index is 704. The van der Waals surface area contributed by atoms with Gasteiger partial charge < -0.3 is 9.90 Å². The fraction of sp³-hybridized carbons (Fsp3) is 0.0769. The summed E-state index contributed by atoms with van der Waals surface area (Å²) in [6.45, 7) is 0. The van der Waals surface area contributed by atoms with Crippen LogP contribution in [0.4, 0.5) is 0 Å². The molecule has 0 aliphatic heterocycles. The van der Waals surface area contributed by atoms with Gasteiger partial charge in [0, 0.05) is 34.0 Å². The third-order valence-electron chi connectivity index (χ3n) is 2.63. The lowest BCUT2D eigenvalue weighted by Crippen LogP contribution is -2.22. The lowest BCUT2D eigenvalue weighted by Gasteiger charge is -2.08. The van der Waals surface area contributed by atoms with Gasteiger partial charge in [0.15, 0.2) is 4.96 Å². The summed E-state index contributed by atoms with van der Waals surface area (Å²) in [4.78, 5) is 17.1. The number of carbonyl (C=O) groups excluding carboxylic acids is 1. The number of rotatable bonds is 4. The van der Waals surface area contributed by atoms with Crippen LogP contribution >= 0.6 is 23.1 Å². The highest BCUT2D eigenvalue weighted by Gasteiger charge is 2.06. The number of carboxylic acids is 1. The molecule has 0 unspecified atom stereocenters. The van der Waals surface area contributed by atoms with E-state index in [2.05, 4.69) is 4.98 Å². The Labute approximate surface area is 117 Å². The van der Waals surface area contributed by atoms with Gasteiger partial charge in [-0.15, -0.1) is 23.1 Å². The van der Waals surface area contributed by atoms with Crippen molar-refractivity contribution in [2.24, 2.45) is 0 Å². The van der Waals surface area contributed by atoms with E-state index in [1.807, 2.05) is 28.2 Å². The van der Waals surface area contributed by atoms with Crippen LogP contribution in [0.15, 0.2) is 46.9 Å². The fourth-order valence-corrected chi connectivity index (χ4v) is 3.40. The summed E-state index contributed by atoms with van der Waals surface area (Å²) in [6, 6.07) is 6.86. The van der Waals surface area contributed by atoms with Crippen molar-refractivity contribution in [3.05, 3.63) is 53.3 Å². The fourth-order valence-electron chi connectivity index (χ4n) is 1.76. The Morgan fingerprint density at radius 1 is 1.42 bits per heavy atom. The zero-order valence-electron chi connectivity index (χ0n) is 9.78.